The highest BCUT2D eigenvalue weighted by Gasteiger charge is 2.35. The maximum absolute atomic E-state index is 14.0. The van der Waals surface area contributed by atoms with Gasteiger partial charge in [-0.25, -0.2) is 4.39 Å². The minimum Gasteiger partial charge on any atom is -0.377 e. The molecule has 2 rings (SSSR count). The van der Waals surface area contributed by atoms with Gasteiger partial charge in [0.2, 0.25) is 0 Å². The fourth-order valence-corrected chi connectivity index (χ4v) is 2.83. The van der Waals surface area contributed by atoms with Crippen molar-refractivity contribution in [2.24, 2.45) is 15.9 Å². The maximum atomic E-state index is 14.0. The number of alkyl halides is 3. The van der Waals surface area contributed by atoms with E-state index in [1.165, 1.54) is 11.8 Å². The standard InChI is InChI=1S/C16H12BrF4N3S/c17-13-7-6-12(16(19,20)21)14(18)11(13)8-23-24-15(22)25-9-10-4-2-1-3-5-10/h1-8H,9H2,(H2,22,24). The Labute approximate surface area is 154 Å². The average molecular weight is 434 g/mol. The monoisotopic (exact) mass is 433 g/mol. The molecule has 0 saturated carbocycles. The maximum Gasteiger partial charge on any atom is 0.419 e. The summed E-state index contributed by atoms with van der Waals surface area (Å²) in [5.74, 6) is -0.857. The van der Waals surface area contributed by atoms with Gasteiger partial charge in [-0.2, -0.15) is 18.3 Å². The first-order chi connectivity index (χ1) is 11.8. The van der Waals surface area contributed by atoms with Gasteiger partial charge >= 0.3 is 6.18 Å². The summed E-state index contributed by atoms with van der Waals surface area (Å²) in [5.41, 5.74) is 4.99. The molecule has 2 N–H and O–H groups in total. The molecule has 0 saturated heterocycles. The van der Waals surface area contributed by atoms with Gasteiger partial charge in [-0.05, 0) is 17.7 Å². The number of rotatable bonds is 4. The number of halogens is 5. The van der Waals surface area contributed by atoms with Crippen molar-refractivity contribution in [1.82, 2.24) is 0 Å². The van der Waals surface area contributed by atoms with Crippen LogP contribution in [0.1, 0.15) is 16.7 Å². The molecule has 0 radical (unpaired) electrons. The van der Waals surface area contributed by atoms with E-state index in [4.69, 9.17) is 5.73 Å². The van der Waals surface area contributed by atoms with E-state index in [1.807, 2.05) is 30.3 Å². The topological polar surface area (TPSA) is 50.7 Å². The number of nitrogens with two attached hydrogens (primary N) is 1. The zero-order chi connectivity index (χ0) is 18.4. The van der Waals surface area contributed by atoms with Crippen LogP contribution >= 0.6 is 27.7 Å². The molecule has 0 unspecified atom stereocenters. The van der Waals surface area contributed by atoms with Crippen molar-refractivity contribution < 1.29 is 17.6 Å². The second-order valence-electron chi connectivity index (χ2n) is 4.78. The lowest BCUT2D eigenvalue weighted by Gasteiger charge is -2.10. The van der Waals surface area contributed by atoms with E-state index in [1.54, 1.807) is 0 Å². The first-order valence-electron chi connectivity index (χ1n) is 6.87. The minimum absolute atomic E-state index is 0.114. The zero-order valence-electron chi connectivity index (χ0n) is 12.6. The highest BCUT2D eigenvalue weighted by molar-refractivity contribution is 9.10. The van der Waals surface area contributed by atoms with Crippen LogP contribution in [0, 0.1) is 5.82 Å². The normalized spacial score (nSPS) is 12.8. The lowest BCUT2D eigenvalue weighted by molar-refractivity contribution is -0.140. The van der Waals surface area contributed by atoms with Crippen molar-refractivity contribution in [3.63, 3.8) is 0 Å². The largest absolute Gasteiger partial charge is 0.419 e. The Hall–Kier alpha value is -1.87. The van der Waals surface area contributed by atoms with Crippen molar-refractivity contribution in [3.05, 3.63) is 69.4 Å². The van der Waals surface area contributed by atoms with E-state index in [9.17, 15) is 17.6 Å². The van der Waals surface area contributed by atoms with Crippen LogP contribution in [0.2, 0.25) is 0 Å². The summed E-state index contributed by atoms with van der Waals surface area (Å²) < 4.78 is 52.3. The average Bonchev–Trinajstić information content (AvgIpc) is 2.55. The first kappa shape index (κ1) is 19.5. The first-order valence-corrected chi connectivity index (χ1v) is 8.65. The molecule has 2 aromatic rings. The van der Waals surface area contributed by atoms with Crippen molar-refractivity contribution >= 4 is 39.1 Å². The molecule has 0 aromatic heterocycles. The molecule has 25 heavy (non-hydrogen) atoms. The zero-order valence-corrected chi connectivity index (χ0v) is 15.0. The van der Waals surface area contributed by atoms with Crippen molar-refractivity contribution in [3.8, 4) is 0 Å². The van der Waals surface area contributed by atoms with Crippen LogP contribution in [0.3, 0.4) is 0 Å². The summed E-state index contributed by atoms with van der Waals surface area (Å²) in [4.78, 5) is 0. The van der Waals surface area contributed by atoms with Gasteiger partial charge in [0, 0.05) is 15.8 Å². The number of hydrogen-bond donors (Lipinski definition) is 1. The molecule has 0 spiro atoms. The third kappa shape index (κ3) is 5.57. The van der Waals surface area contributed by atoms with Crippen molar-refractivity contribution in [2.75, 3.05) is 0 Å². The van der Waals surface area contributed by atoms with Gasteiger partial charge < -0.3 is 5.73 Å². The van der Waals surface area contributed by atoms with E-state index in [2.05, 4.69) is 26.1 Å². The van der Waals surface area contributed by atoms with Gasteiger partial charge in [-0.3, -0.25) is 0 Å². The third-order valence-electron chi connectivity index (χ3n) is 3.00. The third-order valence-corrected chi connectivity index (χ3v) is 4.55. The Bertz CT molecular complexity index is 792. The van der Waals surface area contributed by atoms with Crippen LogP contribution in [0.4, 0.5) is 17.6 Å². The molecule has 0 aliphatic rings. The van der Waals surface area contributed by atoms with Gasteiger partial charge in [0.1, 0.15) is 5.82 Å². The minimum atomic E-state index is -4.79. The van der Waals surface area contributed by atoms with Crippen LogP contribution in [-0.4, -0.2) is 11.4 Å². The Morgan fingerprint density at radius 3 is 2.48 bits per heavy atom. The molecule has 0 aliphatic heterocycles. The molecular weight excluding hydrogens is 422 g/mol. The quantitative estimate of drug-likeness (QED) is 0.312. The van der Waals surface area contributed by atoms with E-state index in [0.29, 0.717) is 11.8 Å². The van der Waals surface area contributed by atoms with Crippen LogP contribution in [0.25, 0.3) is 0 Å². The second kappa shape index (κ2) is 8.48. The molecule has 0 amide bonds. The van der Waals surface area contributed by atoms with Crippen LogP contribution in [-0.2, 0) is 11.9 Å². The SMILES string of the molecule is NC(=NN=Cc1c(Br)ccc(C(F)(F)F)c1F)SCc1ccccc1. The van der Waals surface area contributed by atoms with E-state index >= 15 is 0 Å². The Morgan fingerprint density at radius 1 is 1.16 bits per heavy atom. The van der Waals surface area contributed by atoms with Crippen molar-refractivity contribution in [1.29, 1.82) is 0 Å². The molecule has 132 valence electrons. The number of amidine groups is 1. The highest BCUT2D eigenvalue weighted by atomic mass is 79.9. The van der Waals surface area contributed by atoms with Crippen LogP contribution in [0.5, 0.6) is 0 Å². The number of nitrogens with zero attached hydrogens (tertiary/aromatic N) is 2. The summed E-state index contributed by atoms with van der Waals surface area (Å²) in [6.07, 6.45) is -3.90. The van der Waals surface area contributed by atoms with Gasteiger partial charge in [0.15, 0.2) is 5.17 Å². The molecule has 9 heteroatoms. The molecular formula is C16H12BrF4N3S. The predicted molar refractivity (Wildman–Crippen MR) is 96.1 cm³/mol. The highest BCUT2D eigenvalue weighted by Crippen LogP contribution is 2.34. The lowest BCUT2D eigenvalue weighted by atomic mass is 10.1. The fraction of sp³-hybridized carbons (Fsp3) is 0.125. The summed E-state index contributed by atoms with van der Waals surface area (Å²) in [5, 5.41) is 7.36. The van der Waals surface area contributed by atoms with Gasteiger partial charge in [-0.15, -0.1) is 5.10 Å². The number of hydrogen-bond acceptors (Lipinski definition) is 3. The second-order valence-corrected chi connectivity index (χ2v) is 6.63. The Morgan fingerprint density at radius 2 is 1.84 bits per heavy atom. The van der Waals surface area contributed by atoms with Gasteiger partial charge in [0.05, 0.1) is 11.8 Å². The Balaban J connectivity index is 2.11. The molecule has 0 bridgehead atoms. The molecule has 0 heterocycles. The lowest BCUT2D eigenvalue weighted by Crippen LogP contribution is -2.10. The van der Waals surface area contributed by atoms with E-state index in [0.717, 1.165) is 17.8 Å². The summed E-state index contributed by atoms with van der Waals surface area (Å²) in [6.45, 7) is 0. The van der Waals surface area contributed by atoms with Gasteiger partial charge in [0.25, 0.3) is 0 Å². The molecule has 0 aliphatic carbocycles. The summed E-state index contributed by atoms with van der Waals surface area (Å²) in [7, 11) is 0. The number of benzene rings is 2. The fourth-order valence-electron chi connectivity index (χ4n) is 1.81. The molecule has 2 aromatic carbocycles. The molecule has 3 nitrogen and oxygen atoms in total. The van der Waals surface area contributed by atoms with Crippen LogP contribution in [0.15, 0.2) is 57.1 Å². The summed E-state index contributed by atoms with van der Waals surface area (Å²) in [6, 6.07) is 11.2. The smallest absolute Gasteiger partial charge is 0.377 e. The van der Waals surface area contributed by atoms with E-state index in [-0.39, 0.29) is 15.2 Å². The molecule has 0 atom stereocenters. The predicted octanol–water partition coefficient (Wildman–Crippen LogP) is 5.19. The van der Waals surface area contributed by atoms with Gasteiger partial charge in [-0.1, -0.05) is 58.0 Å². The van der Waals surface area contributed by atoms with E-state index < -0.39 is 17.6 Å². The van der Waals surface area contributed by atoms with Crippen LogP contribution < -0.4 is 5.73 Å². The number of thioether (sulfide) groups is 1. The Kier molecular flexibility index (Phi) is 6.60. The molecule has 0 fully saturated rings. The van der Waals surface area contributed by atoms with Crippen molar-refractivity contribution in [2.45, 2.75) is 11.9 Å². The summed E-state index contributed by atoms with van der Waals surface area (Å²) >= 11 is 4.20.